The van der Waals surface area contributed by atoms with Crippen molar-refractivity contribution in [2.24, 2.45) is 11.8 Å². The molecule has 0 radical (unpaired) electrons. The summed E-state index contributed by atoms with van der Waals surface area (Å²) in [6, 6.07) is 0.773. The van der Waals surface area contributed by atoms with Crippen LogP contribution in [0.5, 0.6) is 0 Å². The Labute approximate surface area is 143 Å². The van der Waals surface area contributed by atoms with E-state index in [1.807, 2.05) is 13.8 Å². The van der Waals surface area contributed by atoms with Crippen LogP contribution in [0.4, 0.5) is 0 Å². The summed E-state index contributed by atoms with van der Waals surface area (Å²) in [4.78, 5) is 15.5. The smallest absolute Gasteiger partial charge is 0.241 e. The van der Waals surface area contributed by atoms with Crippen molar-refractivity contribution < 1.29 is 19.4 Å². The molecular formula is C17H29NO4S. The van der Waals surface area contributed by atoms with Gasteiger partial charge in [0.15, 0.2) is 0 Å². The Hall–Kier alpha value is -0.300. The molecule has 3 rings (SSSR count). The summed E-state index contributed by atoms with van der Waals surface area (Å²) >= 11 is 0.895. The zero-order valence-electron chi connectivity index (χ0n) is 14.2. The fourth-order valence-electron chi connectivity index (χ4n) is 4.95. The molecule has 132 valence electrons. The third-order valence-electron chi connectivity index (χ3n) is 6.05. The van der Waals surface area contributed by atoms with Crippen LogP contribution in [0.3, 0.4) is 0 Å². The van der Waals surface area contributed by atoms with E-state index >= 15 is 0 Å². The van der Waals surface area contributed by atoms with E-state index in [9.17, 15) is 4.79 Å². The highest BCUT2D eigenvalue weighted by Gasteiger charge is 2.48. The molecule has 23 heavy (non-hydrogen) atoms. The minimum absolute atomic E-state index is 0.129. The van der Waals surface area contributed by atoms with E-state index in [0.717, 1.165) is 30.8 Å². The molecule has 1 N–H and O–H groups in total. The summed E-state index contributed by atoms with van der Waals surface area (Å²) in [6.07, 6.45) is 11.1. The largest absolute Gasteiger partial charge is 0.335 e. The number of hydrogen-bond donors (Lipinski definition) is 1. The van der Waals surface area contributed by atoms with Crippen LogP contribution in [-0.2, 0) is 14.2 Å². The topological polar surface area (TPSA) is 59.0 Å². The van der Waals surface area contributed by atoms with Gasteiger partial charge in [0, 0.05) is 12.1 Å². The molecule has 1 amide bonds. The standard InChI is InChI=1S/C17H29NO4S/c1-17(2,23-22-21-20)16(19)18(14-6-4-3-5-7-14)15-11-12-8-9-13(15)10-12/h12-15,20H,3-11H2,1-2H3. The average molecular weight is 343 g/mol. The Kier molecular flexibility index (Phi) is 5.56. The van der Waals surface area contributed by atoms with Crippen molar-refractivity contribution in [3.05, 3.63) is 0 Å². The van der Waals surface area contributed by atoms with E-state index in [-0.39, 0.29) is 5.91 Å². The number of hydrogen-bond acceptors (Lipinski definition) is 5. The van der Waals surface area contributed by atoms with Crippen LogP contribution in [0.1, 0.15) is 71.6 Å². The molecule has 6 heteroatoms. The number of carbonyl (C=O) groups is 1. The molecule has 3 aliphatic carbocycles. The summed E-state index contributed by atoms with van der Waals surface area (Å²) in [7, 11) is 0. The third kappa shape index (κ3) is 3.70. The molecule has 0 aromatic rings. The van der Waals surface area contributed by atoms with Gasteiger partial charge in [-0.25, -0.2) is 5.26 Å². The monoisotopic (exact) mass is 343 g/mol. The van der Waals surface area contributed by atoms with Crippen LogP contribution in [-0.4, -0.2) is 32.9 Å². The molecule has 3 unspecified atom stereocenters. The predicted molar refractivity (Wildman–Crippen MR) is 89.4 cm³/mol. The molecule has 3 fully saturated rings. The predicted octanol–water partition coefficient (Wildman–Crippen LogP) is 4.18. The van der Waals surface area contributed by atoms with Crippen LogP contribution in [0, 0.1) is 11.8 Å². The number of amides is 1. The molecule has 0 aromatic heterocycles. The molecule has 3 saturated carbocycles. The quantitative estimate of drug-likeness (QED) is 0.445. The van der Waals surface area contributed by atoms with Gasteiger partial charge in [-0.1, -0.05) is 30.7 Å². The van der Waals surface area contributed by atoms with Gasteiger partial charge in [-0.05, 0) is 57.8 Å². The van der Waals surface area contributed by atoms with Gasteiger partial charge < -0.3 is 4.90 Å². The summed E-state index contributed by atoms with van der Waals surface area (Å²) in [5.41, 5.74) is 0. The lowest BCUT2D eigenvalue weighted by Crippen LogP contribution is -2.55. The number of carbonyl (C=O) groups excluding carboxylic acids is 1. The summed E-state index contributed by atoms with van der Waals surface area (Å²) in [5, 5.41) is 12.1. The summed E-state index contributed by atoms with van der Waals surface area (Å²) in [6.45, 7) is 3.70. The first-order chi connectivity index (χ1) is 11.0. The fraction of sp³-hybridized carbons (Fsp3) is 0.941. The molecule has 0 spiro atoms. The zero-order valence-corrected chi connectivity index (χ0v) is 15.0. The molecule has 0 aliphatic heterocycles. The van der Waals surface area contributed by atoms with E-state index in [1.165, 1.54) is 44.9 Å². The van der Waals surface area contributed by atoms with E-state index in [0.29, 0.717) is 18.0 Å². The first kappa shape index (κ1) is 17.5. The van der Waals surface area contributed by atoms with Crippen LogP contribution in [0.25, 0.3) is 0 Å². The van der Waals surface area contributed by atoms with Gasteiger partial charge in [-0.15, -0.1) is 4.33 Å². The van der Waals surface area contributed by atoms with Crippen LogP contribution in [0.2, 0.25) is 0 Å². The number of nitrogens with zero attached hydrogens (tertiary/aromatic N) is 1. The average Bonchev–Trinajstić information content (AvgIpc) is 3.17. The van der Waals surface area contributed by atoms with Crippen molar-refractivity contribution in [3.63, 3.8) is 0 Å². The van der Waals surface area contributed by atoms with Gasteiger partial charge in [0.2, 0.25) is 5.91 Å². The molecule has 0 saturated heterocycles. The molecule has 2 bridgehead atoms. The van der Waals surface area contributed by atoms with Crippen molar-refractivity contribution in [1.82, 2.24) is 4.90 Å². The Morgan fingerprint density at radius 3 is 2.43 bits per heavy atom. The van der Waals surface area contributed by atoms with E-state index in [4.69, 9.17) is 5.26 Å². The highest BCUT2D eigenvalue weighted by molar-refractivity contribution is 7.96. The SMILES string of the molecule is CC(C)(SOOO)C(=O)N(C1CCCCC1)C1CC2CCC1C2. The van der Waals surface area contributed by atoms with E-state index < -0.39 is 4.75 Å². The lowest BCUT2D eigenvalue weighted by atomic mass is 9.87. The van der Waals surface area contributed by atoms with Crippen LogP contribution in [0.15, 0.2) is 0 Å². The molecular weight excluding hydrogens is 314 g/mol. The van der Waals surface area contributed by atoms with Gasteiger partial charge >= 0.3 is 0 Å². The number of rotatable bonds is 6. The highest BCUT2D eigenvalue weighted by atomic mass is 32.2. The van der Waals surface area contributed by atoms with Crippen LogP contribution < -0.4 is 0 Å². The summed E-state index contributed by atoms with van der Waals surface area (Å²) < 4.78 is 3.84. The van der Waals surface area contributed by atoms with Crippen molar-refractivity contribution in [2.45, 2.75) is 88.5 Å². The van der Waals surface area contributed by atoms with E-state index in [1.54, 1.807) is 0 Å². The minimum atomic E-state index is -0.762. The summed E-state index contributed by atoms with van der Waals surface area (Å²) in [5.74, 6) is 1.63. The molecule has 0 heterocycles. The van der Waals surface area contributed by atoms with E-state index in [2.05, 4.69) is 14.3 Å². The van der Waals surface area contributed by atoms with Gasteiger partial charge in [0.05, 0.1) is 12.0 Å². The van der Waals surface area contributed by atoms with Crippen molar-refractivity contribution in [3.8, 4) is 0 Å². The Morgan fingerprint density at radius 2 is 1.87 bits per heavy atom. The first-order valence-electron chi connectivity index (χ1n) is 9.01. The molecule has 0 aromatic carbocycles. The second-order valence-electron chi connectivity index (χ2n) is 7.98. The maximum Gasteiger partial charge on any atom is 0.241 e. The fourth-order valence-corrected chi connectivity index (χ4v) is 5.32. The minimum Gasteiger partial charge on any atom is -0.335 e. The lowest BCUT2D eigenvalue weighted by Gasteiger charge is -2.44. The normalized spacial score (nSPS) is 31.5. The van der Waals surface area contributed by atoms with Gasteiger partial charge in [-0.3, -0.25) is 4.79 Å². The van der Waals surface area contributed by atoms with Gasteiger partial charge in [-0.2, -0.15) is 0 Å². The second-order valence-corrected chi connectivity index (χ2v) is 9.31. The maximum absolute atomic E-state index is 13.3. The lowest BCUT2D eigenvalue weighted by molar-refractivity contribution is -0.432. The Bertz CT molecular complexity index is 425. The highest BCUT2D eigenvalue weighted by Crippen LogP contribution is 2.48. The second kappa shape index (κ2) is 7.30. The zero-order chi connectivity index (χ0) is 16.4. The van der Waals surface area contributed by atoms with Crippen molar-refractivity contribution >= 4 is 17.9 Å². The van der Waals surface area contributed by atoms with Crippen molar-refractivity contribution in [1.29, 1.82) is 0 Å². The van der Waals surface area contributed by atoms with Crippen molar-refractivity contribution in [2.75, 3.05) is 0 Å². The molecule has 3 atom stereocenters. The molecule has 5 nitrogen and oxygen atoms in total. The van der Waals surface area contributed by atoms with Crippen LogP contribution >= 0.6 is 12.0 Å². The Balaban J connectivity index is 1.78. The first-order valence-corrected chi connectivity index (χ1v) is 9.76. The number of fused-ring (bicyclic) bond motifs is 2. The Morgan fingerprint density at radius 1 is 1.13 bits per heavy atom. The maximum atomic E-state index is 13.3. The molecule has 3 aliphatic rings. The van der Waals surface area contributed by atoms with Gasteiger partial charge in [0.1, 0.15) is 4.75 Å². The van der Waals surface area contributed by atoms with Gasteiger partial charge in [0.25, 0.3) is 0 Å². The third-order valence-corrected chi connectivity index (χ3v) is 6.77.